The van der Waals surface area contributed by atoms with E-state index in [1.54, 1.807) is 29.1 Å². The molecule has 1 fully saturated rings. The van der Waals surface area contributed by atoms with Gasteiger partial charge in [-0.05, 0) is 44.1 Å². The van der Waals surface area contributed by atoms with Crippen LogP contribution in [-0.4, -0.2) is 28.5 Å². The maximum Gasteiger partial charge on any atom is 0.227 e. The molecule has 1 saturated heterocycles. The maximum atomic E-state index is 14.1. The van der Waals surface area contributed by atoms with Crippen molar-refractivity contribution in [2.45, 2.75) is 12.8 Å². The van der Waals surface area contributed by atoms with E-state index in [1.165, 1.54) is 12.4 Å². The van der Waals surface area contributed by atoms with Gasteiger partial charge in [-0.3, -0.25) is 4.79 Å². The van der Waals surface area contributed by atoms with Gasteiger partial charge in [-0.25, -0.2) is 9.37 Å². The highest BCUT2D eigenvalue weighted by Crippen LogP contribution is 2.20. The van der Waals surface area contributed by atoms with Crippen LogP contribution in [0.1, 0.15) is 12.8 Å². The quantitative estimate of drug-likeness (QED) is 0.907. The van der Waals surface area contributed by atoms with Crippen molar-refractivity contribution in [2.75, 3.05) is 18.4 Å². The number of carbonyl (C=O) groups is 1. The Morgan fingerprint density at radius 1 is 1.38 bits per heavy atom. The maximum absolute atomic E-state index is 14.1. The van der Waals surface area contributed by atoms with Gasteiger partial charge in [-0.2, -0.15) is 0 Å². The van der Waals surface area contributed by atoms with E-state index in [-0.39, 0.29) is 11.8 Å². The molecule has 2 heterocycles. The number of carbonyl (C=O) groups excluding carboxylic acids is 1. The molecular weight excluding hydrogens is 271 g/mol. The Bertz CT molecular complexity index is 621. The highest BCUT2D eigenvalue weighted by Gasteiger charge is 2.21. The number of aromatic nitrogens is 2. The summed E-state index contributed by atoms with van der Waals surface area (Å²) >= 11 is 0. The first-order valence-corrected chi connectivity index (χ1v) is 7.03. The Morgan fingerprint density at radius 2 is 2.19 bits per heavy atom. The fraction of sp³-hybridized carbons (Fsp3) is 0.333. The van der Waals surface area contributed by atoms with Gasteiger partial charge in [0.2, 0.25) is 5.91 Å². The van der Waals surface area contributed by atoms with Gasteiger partial charge < -0.3 is 15.2 Å². The lowest BCUT2D eigenvalue weighted by atomic mass is 9.97. The van der Waals surface area contributed by atoms with E-state index < -0.39 is 5.82 Å². The minimum absolute atomic E-state index is 0.00244. The van der Waals surface area contributed by atoms with E-state index in [4.69, 9.17) is 0 Å². The van der Waals surface area contributed by atoms with Crippen LogP contribution in [0.5, 0.6) is 0 Å². The van der Waals surface area contributed by atoms with Crippen molar-refractivity contribution in [3.05, 3.63) is 42.7 Å². The standard InChI is InChI=1S/C15H17FN4O/c16-13-9-12(1-2-14(13)20-8-7-18-10-20)19-15(21)11-3-5-17-6-4-11/h1-2,7-11,17H,3-6H2,(H,19,21). The van der Waals surface area contributed by atoms with Crippen molar-refractivity contribution in [3.8, 4) is 5.69 Å². The number of anilines is 1. The van der Waals surface area contributed by atoms with Crippen molar-refractivity contribution in [1.29, 1.82) is 0 Å². The van der Waals surface area contributed by atoms with Crippen molar-refractivity contribution >= 4 is 11.6 Å². The molecule has 110 valence electrons. The van der Waals surface area contributed by atoms with Crippen molar-refractivity contribution in [3.63, 3.8) is 0 Å². The molecule has 2 aromatic rings. The monoisotopic (exact) mass is 288 g/mol. The predicted molar refractivity (Wildman–Crippen MR) is 77.7 cm³/mol. The molecule has 1 amide bonds. The number of nitrogens with one attached hydrogen (secondary N) is 2. The summed E-state index contributed by atoms with van der Waals surface area (Å²) < 4.78 is 15.7. The highest BCUT2D eigenvalue weighted by molar-refractivity contribution is 5.92. The molecule has 0 spiro atoms. The molecule has 21 heavy (non-hydrogen) atoms. The third kappa shape index (κ3) is 3.11. The Hall–Kier alpha value is -2.21. The number of benzene rings is 1. The van der Waals surface area contributed by atoms with Crippen LogP contribution in [0.2, 0.25) is 0 Å². The minimum Gasteiger partial charge on any atom is -0.326 e. The zero-order chi connectivity index (χ0) is 14.7. The molecular formula is C15H17FN4O. The average molecular weight is 288 g/mol. The molecule has 5 nitrogen and oxygen atoms in total. The number of imidazole rings is 1. The van der Waals surface area contributed by atoms with Gasteiger partial charge in [0.1, 0.15) is 5.82 Å². The van der Waals surface area contributed by atoms with Gasteiger partial charge in [0.15, 0.2) is 0 Å². The summed E-state index contributed by atoms with van der Waals surface area (Å²) in [6.45, 7) is 1.71. The molecule has 1 aromatic carbocycles. The smallest absolute Gasteiger partial charge is 0.227 e. The largest absolute Gasteiger partial charge is 0.326 e. The van der Waals surface area contributed by atoms with Crippen LogP contribution in [0.4, 0.5) is 10.1 Å². The number of piperidine rings is 1. The Kier molecular flexibility index (Phi) is 3.96. The minimum atomic E-state index is -0.392. The van der Waals surface area contributed by atoms with E-state index in [0.29, 0.717) is 11.4 Å². The Labute approximate surface area is 122 Å². The van der Waals surface area contributed by atoms with Crippen molar-refractivity contribution in [1.82, 2.24) is 14.9 Å². The molecule has 2 N–H and O–H groups in total. The average Bonchev–Trinajstić information content (AvgIpc) is 3.02. The molecule has 1 aliphatic heterocycles. The van der Waals surface area contributed by atoms with Crippen molar-refractivity contribution in [2.24, 2.45) is 5.92 Å². The van der Waals surface area contributed by atoms with Crippen LogP contribution in [-0.2, 0) is 4.79 Å². The summed E-state index contributed by atoms with van der Waals surface area (Å²) in [6, 6.07) is 4.68. The first-order chi connectivity index (χ1) is 10.2. The second-order valence-corrected chi connectivity index (χ2v) is 5.15. The number of halogens is 1. The molecule has 1 aliphatic rings. The second kappa shape index (κ2) is 6.05. The fourth-order valence-electron chi connectivity index (χ4n) is 2.52. The normalized spacial score (nSPS) is 15.9. The second-order valence-electron chi connectivity index (χ2n) is 5.15. The summed E-state index contributed by atoms with van der Waals surface area (Å²) in [5, 5.41) is 6.01. The third-order valence-electron chi connectivity index (χ3n) is 3.71. The van der Waals surface area contributed by atoms with Gasteiger partial charge in [-0.1, -0.05) is 0 Å². The van der Waals surface area contributed by atoms with Crippen LogP contribution >= 0.6 is 0 Å². The summed E-state index contributed by atoms with van der Waals surface area (Å²) in [5.74, 6) is -0.426. The number of rotatable bonds is 3. The molecule has 0 saturated carbocycles. The summed E-state index contributed by atoms with van der Waals surface area (Å²) in [6.07, 6.45) is 6.44. The lowest BCUT2D eigenvalue weighted by Crippen LogP contribution is -2.34. The molecule has 0 aliphatic carbocycles. The van der Waals surface area contributed by atoms with Crippen LogP contribution in [0.25, 0.3) is 5.69 Å². The Balaban J connectivity index is 1.72. The van der Waals surface area contributed by atoms with Gasteiger partial charge in [0, 0.05) is 24.0 Å². The highest BCUT2D eigenvalue weighted by atomic mass is 19.1. The van der Waals surface area contributed by atoms with Gasteiger partial charge >= 0.3 is 0 Å². The number of hydrogen-bond acceptors (Lipinski definition) is 3. The summed E-state index contributed by atoms with van der Waals surface area (Å²) in [5.41, 5.74) is 0.896. The van der Waals surface area contributed by atoms with Crippen LogP contribution in [0.15, 0.2) is 36.9 Å². The topological polar surface area (TPSA) is 59.0 Å². The lowest BCUT2D eigenvalue weighted by molar-refractivity contribution is -0.120. The number of amides is 1. The Morgan fingerprint density at radius 3 is 2.86 bits per heavy atom. The van der Waals surface area contributed by atoms with Crippen molar-refractivity contribution < 1.29 is 9.18 Å². The van der Waals surface area contributed by atoms with Crippen LogP contribution in [0, 0.1) is 11.7 Å². The zero-order valence-corrected chi connectivity index (χ0v) is 11.6. The van der Waals surface area contributed by atoms with E-state index in [0.717, 1.165) is 25.9 Å². The fourth-order valence-corrected chi connectivity index (χ4v) is 2.52. The first-order valence-electron chi connectivity index (χ1n) is 7.03. The lowest BCUT2D eigenvalue weighted by Gasteiger charge is -2.21. The number of nitrogens with zero attached hydrogens (tertiary/aromatic N) is 2. The zero-order valence-electron chi connectivity index (χ0n) is 11.6. The van der Waals surface area contributed by atoms with Crippen LogP contribution < -0.4 is 10.6 Å². The molecule has 1 aromatic heterocycles. The predicted octanol–water partition coefficient (Wildman–Crippen LogP) is 1.95. The summed E-state index contributed by atoms with van der Waals surface area (Å²) in [4.78, 5) is 16.0. The van der Waals surface area contributed by atoms with Gasteiger partial charge in [-0.15, -0.1) is 0 Å². The molecule has 0 bridgehead atoms. The van der Waals surface area contributed by atoms with E-state index in [9.17, 15) is 9.18 Å². The molecule has 0 atom stereocenters. The number of hydrogen-bond donors (Lipinski definition) is 2. The third-order valence-corrected chi connectivity index (χ3v) is 3.71. The molecule has 0 radical (unpaired) electrons. The first kappa shape index (κ1) is 13.8. The SMILES string of the molecule is O=C(Nc1ccc(-n2ccnc2)c(F)c1)C1CCNCC1. The molecule has 6 heteroatoms. The van der Waals surface area contributed by atoms with Gasteiger partial charge in [0.25, 0.3) is 0 Å². The van der Waals surface area contributed by atoms with E-state index >= 15 is 0 Å². The molecule has 3 rings (SSSR count). The molecule has 0 unspecified atom stereocenters. The van der Waals surface area contributed by atoms with Crippen LogP contribution in [0.3, 0.4) is 0 Å². The van der Waals surface area contributed by atoms with E-state index in [2.05, 4.69) is 15.6 Å². The van der Waals surface area contributed by atoms with Gasteiger partial charge in [0.05, 0.1) is 12.0 Å². The summed E-state index contributed by atoms with van der Waals surface area (Å²) in [7, 11) is 0. The van der Waals surface area contributed by atoms with E-state index in [1.807, 2.05) is 0 Å².